The highest BCUT2D eigenvalue weighted by molar-refractivity contribution is 14.1. The highest BCUT2D eigenvalue weighted by Gasteiger charge is 2.22. The van der Waals surface area contributed by atoms with Crippen molar-refractivity contribution in [2.24, 2.45) is 4.99 Å². The molecule has 0 N–H and O–H groups in total. The summed E-state index contributed by atoms with van der Waals surface area (Å²) in [5.74, 6) is 0. The van der Waals surface area contributed by atoms with Crippen molar-refractivity contribution < 1.29 is 0 Å². The largest absolute Gasteiger partial charge is 0.260 e. The molecule has 1 aromatic rings. The molecule has 1 heterocycles. The van der Waals surface area contributed by atoms with Gasteiger partial charge in [-0.3, -0.25) is 4.99 Å². The van der Waals surface area contributed by atoms with Gasteiger partial charge in [-0.2, -0.15) is 0 Å². The Morgan fingerprint density at radius 1 is 1.42 bits per heavy atom. The van der Waals surface area contributed by atoms with E-state index in [1.807, 2.05) is 12.3 Å². The minimum atomic E-state index is 0.201. The minimum absolute atomic E-state index is 0.201. The van der Waals surface area contributed by atoms with E-state index in [-0.39, 0.29) is 3.42 Å². The average Bonchev–Trinajstić information content (AvgIpc) is 2.02. The topological polar surface area (TPSA) is 12.4 Å². The van der Waals surface area contributed by atoms with Crippen LogP contribution in [-0.2, 0) is 6.42 Å². The van der Waals surface area contributed by atoms with E-state index in [4.69, 9.17) is 0 Å². The molecule has 0 spiro atoms. The van der Waals surface area contributed by atoms with Gasteiger partial charge >= 0.3 is 0 Å². The summed E-state index contributed by atoms with van der Waals surface area (Å²) in [6.45, 7) is 2.20. The number of rotatable bonds is 0. The van der Waals surface area contributed by atoms with E-state index in [1.165, 1.54) is 5.56 Å². The third-order valence-electron chi connectivity index (χ3n) is 2.00. The molecule has 2 heteroatoms. The highest BCUT2D eigenvalue weighted by atomic mass is 127. The van der Waals surface area contributed by atoms with Crippen LogP contribution in [0, 0.1) is 0 Å². The number of aliphatic imine (C=N–C) groups is 1. The minimum Gasteiger partial charge on any atom is -0.260 e. The van der Waals surface area contributed by atoms with Crippen LogP contribution in [0.5, 0.6) is 0 Å². The maximum atomic E-state index is 4.41. The van der Waals surface area contributed by atoms with Gasteiger partial charge in [0.2, 0.25) is 0 Å². The van der Waals surface area contributed by atoms with Crippen molar-refractivity contribution in [1.82, 2.24) is 0 Å². The zero-order valence-corrected chi connectivity index (χ0v) is 9.08. The van der Waals surface area contributed by atoms with Crippen LogP contribution in [-0.4, -0.2) is 9.64 Å². The Balaban J connectivity index is 2.46. The predicted octanol–water partition coefficient (Wildman–Crippen LogP) is 3.14. The fourth-order valence-corrected chi connectivity index (χ4v) is 1.96. The summed E-state index contributed by atoms with van der Waals surface area (Å²) in [7, 11) is 0. The molecule has 1 unspecified atom stereocenters. The first kappa shape index (κ1) is 8.23. The van der Waals surface area contributed by atoms with Gasteiger partial charge in [0, 0.05) is 6.21 Å². The number of hydrogen-bond acceptors (Lipinski definition) is 1. The fraction of sp³-hybridized carbons (Fsp3) is 0.300. The number of hydrogen-bond donors (Lipinski definition) is 0. The molecular weight excluding hydrogens is 261 g/mol. The normalized spacial score (nSPS) is 26.8. The predicted molar refractivity (Wildman–Crippen MR) is 60.7 cm³/mol. The summed E-state index contributed by atoms with van der Waals surface area (Å²) in [5.41, 5.74) is 2.49. The lowest BCUT2D eigenvalue weighted by molar-refractivity contribution is 0.861. The van der Waals surface area contributed by atoms with Crippen molar-refractivity contribution in [3.8, 4) is 0 Å². The van der Waals surface area contributed by atoms with Crippen molar-refractivity contribution in [2.75, 3.05) is 0 Å². The van der Waals surface area contributed by atoms with Crippen molar-refractivity contribution in [3.63, 3.8) is 0 Å². The van der Waals surface area contributed by atoms with Gasteiger partial charge in [-0.1, -0.05) is 40.8 Å². The standard InChI is InChI=1S/C10H10IN/c1-10(11)6-8-4-2-3-5-9(8)12-7-10/h2-5,7H,6H2,1H3. The Morgan fingerprint density at radius 2 is 2.17 bits per heavy atom. The van der Waals surface area contributed by atoms with E-state index in [2.05, 4.69) is 52.7 Å². The molecule has 0 saturated heterocycles. The van der Waals surface area contributed by atoms with Gasteiger partial charge in [0.05, 0.1) is 9.11 Å². The molecule has 0 aromatic heterocycles. The van der Waals surface area contributed by atoms with Gasteiger partial charge in [-0.15, -0.1) is 0 Å². The Labute approximate surface area is 86.0 Å². The third kappa shape index (κ3) is 1.53. The molecule has 0 fully saturated rings. The number of para-hydroxylation sites is 1. The van der Waals surface area contributed by atoms with Gasteiger partial charge in [0.1, 0.15) is 0 Å². The maximum Gasteiger partial charge on any atom is 0.0658 e. The summed E-state index contributed by atoms with van der Waals surface area (Å²) in [6, 6.07) is 8.33. The molecule has 2 rings (SSSR count). The number of alkyl halides is 1. The summed E-state index contributed by atoms with van der Waals surface area (Å²) < 4.78 is 0.201. The van der Waals surface area contributed by atoms with E-state index in [9.17, 15) is 0 Å². The van der Waals surface area contributed by atoms with Gasteiger partial charge in [-0.25, -0.2) is 0 Å². The molecule has 1 atom stereocenters. The monoisotopic (exact) mass is 271 g/mol. The zero-order chi connectivity index (χ0) is 8.60. The van der Waals surface area contributed by atoms with Crippen molar-refractivity contribution in [3.05, 3.63) is 29.8 Å². The van der Waals surface area contributed by atoms with E-state index in [0.717, 1.165) is 12.1 Å². The Kier molecular flexibility index (Phi) is 1.94. The fourth-order valence-electron chi connectivity index (χ4n) is 1.41. The molecule has 1 nitrogen and oxygen atoms in total. The Morgan fingerprint density at radius 3 is 3.00 bits per heavy atom. The lowest BCUT2D eigenvalue weighted by atomic mass is 9.98. The maximum absolute atomic E-state index is 4.41. The van der Waals surface area contributed by atoms with E-state index >= 15 is 0 Å². The summed E-state index contributed by atoms with van der Waals surface area (Å²) in [5, 5.41) is 0. The van der Waals surface area contributed by atoms with Crippen molar-refractivity contribution in [2.45, 2.75) is 16.8 Å². The van der Waals surface area contributed by atoms with Crippen LogP contribution >= 0.6 is 22.6 Å². The van der Waals surface area contributed by atoms with E-state index in [1.54, 1.807) is 0 Å². The molecule has 1 aromatic carbocycles. The molecule has 0 bridgehead atoms. The third-order valence-corrected chi connectivity index (χ3v) is 2.66. The van der Waals surface area contributed by atoms with E-state index in [0.29, 0.717) is 0 Å². The molecule has 12 heavy (non-hydrogen) atoms. The van der Waals surface area contributed by atoms with Crippen molar-refractivity contribution >= 4 is 34.5 Å². The molecule has 0 aliphatic carbocycles. The lowest BCUT2D eigenvalue weighted by Gasteiger charge is -2.22. The molecule has 0 amide bonds. The van der Waals surface area contributed by atoms with Crippen LogP contribution in [0.25, 0.3) is 0 Å². The first-order valence-electron chi connectivity index (χ1n) is 3.99. The number of benzene rings is 1. The van der Waals surface area contributed by atoms with Crippen molar-refractivity contribution in [1.29, 1.82) is 0 Å². The first-order chi connectivity index (χ1) is 5.67. The molecule has 1 aliphatic rings. The van der Waals surface area contributed by atoms with Gasteiger partial charge in [0.25, 0.3) is 0 Å². The van der Waals surface area contributed by atoms with Crippen LogP contribution in [0.15, 0.2) is 29.3 Å². The molecule has 0 saturated carbocycles. The molecule has 62 valence electrons. The molecular formula is C10H10IN. The van der Waals surface area contributed by atoms with Crippen LogP contribution in [0.1, 0.15) is 12.5 Å². The SMILES string of the molecule is CC1(I)C=Nc2ccccc2C1. The Bertz CT molecular complexity index is 328. The van der Waals surface area contributed by atoms with Crippen LogP contribution in [0.4, 0.5) is 5.69 Å². The second kappa shape index (κ2) is 2.83. The van der Waals surface area contributed by atoms with Crippen LogP contribution in [0.2, 0.25) is 0 Å². The molecule has 1 aliphatic heterocycles. The highest BCUT2D eigenvalue weighted by Crippen LogP contribution is 2.32. The zero-order valence-electron chi connectivity index (χ0n) is 6.92. The number of fused-ring (bicyclic) bond motifs is 1. The smallest absolute Gasteiger partial charge is 0.0658 e. The second-order valence-corrected chi connectivity index (χ2v) is 5.81. The number of halogens is 1. The first-order valence-corrected chi connectivity index (χ1v) is 5.07. The molecule has 0 radical (unpaired) electrons. The van der Waals surface area contributed by atoms with Crippen LogP contribution < -0.4 is 0 Å². The van der Waals surface area contributed by atoms with Crippen LogP contribution in [0.3, 0.4) is 0 Å². The second-order valence-electron chi connectivity index (χ2n) is 3.34. The van der Waals surface area contributed by atoms with Gasteiger partial charge in [0.15, 0.2) is 0 Å². The number of nitrogens with zero attached hydrogens (tertiary/aromatic N) is 1. The average molecular weight is 271 g/mol. The summed E-state index contributed by atoms with van der Waals surface area (Å²) in [6.07, 6.45) is 3.13. The van der Waals surface area contributed by atoms with Gasteiger partial charge < -0.3 is 0 Å². The van der Waals surface area contributed by atoms with Gasteiger partial charge in [-0.05, 0) is 25.0 Å². The summed E-state index contributed by atoms with van der Waals surface area (Å²) in [4.78, 5) is 4.41. The summed E-state index contributed by atoms with van der Waals surface area (Å²) >= 11 is 2.44. The van der Waals surface area contributed by atoms with E-state index < -0.39 is 0 Å². The Hall–Kier alpha value is -0.380. The lowest BCUT2D eigenvalue weighted by Crippen LogP contribution is -2.23. The quantitative estimate of drug-likeness (QED) is 0.507.